The van der Waals surface area contributed by atoms with E-state index in [0.29, 0.717) is 11.4 Å². The van der Waals surface area contributed by atoms with Gasteiger partial charge in [-0.3, -0.25) is 4.57 Å². The molecule has 0 saturated carbocycles. The van der Waals surface area contributed by atoms with Crippen molar-refractivity contribution in [2.75, 3.05) is 0 Å². The van der Waals surface area contributed by atoms with Crippen LogP contribution in [0.1, 0.15) is 11.4 Å². The third kappa shape index (κ3) is 1.32. The van der Waals surface area contributed by atoms with E-state index < -0.39 is 0 Å². The first-order chi connectivity index (χ1) is 6.68. The first-order valence-electron chi connectivity index (χ1n) is 4.05. The zero-order chi connectivity index (χ0) is 10.1. The van der Waals surface area contributed by atoms with Crippen LogP contribution in [0.15, 0.2) is 15.8 Å². The number of rotatable bonds is 2. The van der Waals surface area contributed by atoms with Crippen LogP contribution in [-0.4, -0.2) is 24.7 Å². The molecule has 2 rings (SSSR count). The molecule has 7 heteroatoms. The van der Waals surface area contributed by atoms with E-state index in [4.69, 9.17) is 0 Å². The molecule has 0 aromatic carbocycles. The van der Waals surface area contributed by atoms with Gasteiger partial charge in [-0.05, 0) is 6.92 Å². The summed E-state index contributed by atoms with van der Waals surface area (Å²) in [4.78, 5) is 11.4. The SMILES string of the molecule is Cc1nonc1Cn1ncn(C)c1=O. The van der Waals surface area contributed by atoms with Gasteiger partial charge in [0.2, 0.25) is 0 Å². The third-order valence-corrected chi connectivity index (χ3v) is 1.93. The topological polar surface area (TPSA) is 78.7 Å². The average molecular weight is 195 g/mol. The Kier molecular flexibility index (Phi) is 1.91. The molecule has 0 saturated heterocycles. The zero-order valence-electron chi connectivity index (χ0n) is 7.84. The fourth-order valence-electron chi connectivity index (χ4n) is 1.06. The Balaban J connectivity index is 2.32. The second-order valence-corrected chi connectivity index (χ2v) is 2.98. The molecule has 0 unspecified atom stereocenters. The number of aryl methyl sites for hydroxylation is 2. The lowest BCUT2D eigenvalue weighted by Gasteiger charge is -1.93. The normalized spacial score (nSPS) is 10.7. The zero-order valence-corrected chi connectivity index (χ0v) is 7.84. The molecule has 0 aliphatic carbocycles. The first-order valence-corrected chi connectivity index (χ1v) is 4.05. The van der Waals surface area contributed by atoms with Gasteiger partial charge in [0.1, 0.15) is 17.7 Å². The predicted octanol–water partition coefficient (Wildman–Crippen LogP) is -0.678. The Labute approximate surface area is 78.9 Å². The van der Waals surface area contributed by atoms with Crippen molar-refractivity contribution >= 4 is 0 Å². The molecule has 2 aromatic heterocycles. The molecule has 0 aliphatic heterocycles. The van der Waals surface area contributed by atoms with E-state index in [9.17, 15) is 4.79 Å². The molecule has 0 N–H and O–H groups in total. The van der Waals surface area contributed by atoms with Gasteiger partial charge in [-0.25, -0.2) is 14.1 Å². The quantitative estimate of drug-likeness (QED) is 0.634. The van der Waals surface area contributed by atoms with Crippen LogP contribution in [0, 0.1) is 6.92 Å². The van der Waals surface area contributed by atoms with E-state index >= 15 is 0 Å². The van der Waals surface area contributed by atoms with Gasteiger partial charge in [-0.1, -0.05) is 10.3 Å². The van der Waals surface area contributed by atoms with Crippen molar-refractivity contribution in [2.24, 2.45) is 7.05 Å². The van der Waals surface area contributed by atoms with E-state index in [1.54, 1.807) is 14.0 Å². The van der Waals surface area contributed by atoms with Crippen LogP contribution in [0.3, 0.4) is 0 Å². The highest BCUT2D eigenvalue weighted by atomic mass is 16.6. The summed E-state index contributed by atoms with van der Waals surface area (Å²) >= 11 is 0. The van der Waals surface area contributed by atoms with Crippen LogP contribution in [0.2, 0.25) is 0 Å². The molecule has 0 atom stereocenters. The number of nitrogens with zero attached hydrogens (tertiary/aromatic N) is 5. The Morgan fingerprint density at radius 1 is 1.50 bits per heavy atom. The standard InChI is InChI=1S/C7H9N5O2/c1-5-6(10-14-9-5)3-12-7(13)11(2)4-8-12/h4H,3H2,1-2H3. The van der Waals surface area contributed by atoms with Crippen LogP contribution >= 0.6 is 0 Å². The first kappa shape index (κ1) is 8.67. The highest BCUT2D eigenvalue weighted by molar-refractivity contribution is 5.04. The van der Waals surface area contributed by atoms with Crippen LogP contribution < -0.4 is 5.69 Å². The van der Waals surface area contributed by atoms with Crippen LogP contribution in [-0.2, 0) is 13.6 Å². The Hall–Kier alpha value is -1.92. The van der Waals surface area contributed by atoms with Crippen molar-refractivity contribution < 1.29 is 4.63 Å². The maximum atomic E-state index is 11.4. The molecule has 0 fully saturated rings. The lowest BCUT2D eigenvalue weighted by atomic mass is 10.3. The van der Waals surface area contributed by atoms with Crippen molar-refractivity contribution in [1.82, 2.24) is 24.7 Å². The van der Waals surface area contributed by atoms with E-state index in [-0.39, 0.29) is 12.2 Å². The van der Waals surface area contributed by atoms with Gasteiger partial charge in [0.25, 0.3) is 0 Å². The maximum absolute atomic E-state index is 11.4. The number of aromatic nitrogens is 5. The van der Waals surface area contributed by atoms with E-state index in [1.807, 2.05) is 0 Å². The van der Waals surface area contributed by atoms with Crippen LogP contribution in [0.5, 0.6) is 0 Å². The van der Waals surface area contributed by atoms with Gasteiger partial charge in [-0.2, -0.15) is 5.10 Å². The highest BCUT2D eigenvalue weighted by Gasteiger charge is 2.08. The molecule has 7 nitrogen and oxygen atoms in total. The fraction of sp³-hybridized carbons (Fsp3) is 0.429. The molecule has 0 bridgehead atoms. The van der Waals surface area contributed by atoms with E-state index in [0.717, 1.165) is 0 Å². The van der Waals surface area contributed by atoms with Gasteiger partial charge in [0.05, 0.1) is 6.54 Å². The average Bonchev–Trinajstić information content (AvgIpc) is 2.68. The molecule has 74 valence electrons. The molecule has 0 spiro atoms. The molecule has 0 amide bonds. The number of hydrogen-bond acceptors (Lipinski definition) is 5. The summed E-state index contributed by atoms with van der Waals surface area (Å²) in [6, 6.07) is 0. The van der Waals surface area contributed by atoms with Crippen LogP contribution in [0.25, 0.3) is 0 Å². The monoisotopic (exact) mass is 195 g/mol. The molecule has 2 aromatic rings. The summed E-state index contributed by atoms with van der Waals surface area (Å²) in [5, 5.41) is 11.2. The molecular formula is C7H9N5O2. The highest BCUT2D eigenvalue weighted by Crippen LogP contribution is 2.00. The smallest absolute Gasteiger partial charge is 0.285 e. The lowest BCUT2D eigenvalue weighted by Crippen LogP contribution is -2.23. The largest absolute Gasteiger partial charge is 0.345 e. The Bertz CT molecular complexity index is 494. The molecule has 0 aliphatic rings. The summed E-state index contributed by atoms with van der Waals surface area (Å²) < 4.78 is 7.20. The lowest BCUT2D eigenvalue weighted by molar-refractivity contribution is 0.300. The summed E-state index contributed by atoms with van der Waals surface area (Å²) in [7, 11) is 1.64. The maximum Gasteiger partial charge on any atom is 0.345 e. The van der Waals surface area contributed by atoms with E-state index in [2.05, 4.69) is 20.0 Å². The van der Waals surface area contributed by atoms with Gasteiger partial charge >= 0.3 is 5.69 Å². The minimum Gasteiger partial charge on any atom is -0.285 e. The minimum absolute atomic E-state index is 0.188. The second-order valence-electron chi connectivity index (χ2n) is 2.98. The summed E-state index contributed by atoms with van der Waals surface area (Å²) in [5.41, 5.74) is 1.10. The second kappa shape index (κ2) is 3.09. The summed E-state index contributed by atoms with van der Waals surface area (Å²) in [6.07, 6.45) is 1.45. The Morgan fingerprint density at radius 2 is 2.29 bits per heavy atom. The van der Waals surface area contributed by atoms with Gasteiger partial charge < -0.3 is 0 Å². The van der Waals surface area contributed by atoms with Crippen molar-refractivity contribution in [3.05, 3.63) is 28.2 Å². The predicted molar refractivity (Wildman–Crippen MR) is 45.6 cm³/mol. The van der Waals surface area contributed by atoms with Crippen molar-refractivity contribution in [2.45, 2.75) is 13.5 Å². The van der Waals surface area contributed by atoms with Crippen molar-refractivity contribution in [1.29, 1.82) is 0 Å². The van der Waals surface area contributed by atoms with Crippen molar-refractivity contribution in [3.63, 3.8) is 0 Å². The fourth-order valence-corrected chi connectivity index (χ4v) is 1.06. The molecule has 2 heterocycles. The molecular weight excluding hydrogens is 186 g/mol. The third-order valence-electron chi connectivity index (χ3n) is 1.93. The molecule has 0 radical (unpaired) electrons. The van der Waals surface area contributed by atoms with Crippen molar-refractivity contribution in [3.8, 4) is 0 Å². The number of hydrogen-bond donors (Lipinski definition) is 0. The Morgan fingerprint density at radius 3 is 2.79 bits per heavy atom. The van der Waals surface area contributed by atoms with Gasteiger partial charge in [0, 0.05) is 7.05 Å². The summed E-state index contributed by atoms with van der Waals surface area (Å²) in [5.74, 6) is 0. The molecule has 14 heavy (non-hydrogen) atoms. The van der Waals surface area contributed by atoms with Crippen LogP contribution in [0.4, 0.5) is 0 Å². The minimum atomic E-state index is -0.188. The van der Waals surface area contributed by atoms with E-state index in [1.165, 1.54) is 15.6 Å². The summed E-state index contributed by atoms with van der Waals surface area (Å²) in [6.45, 7) is 2.05. The van der Waals surface area contributed by atoms with Gasteiger partial charge in [0.15, 0.2) is 0 Å². The van der Waals surface area contributed by atoms with Gasteiger partial charge in [-0.15, -0.1) is 0 Å².